The van der Waals surface area contributed by atoms with Gasteiger partial charge in [0.15, 0.2) is 0 Å². The highest BCUT2D eigenvalue weighted by molar-refractivity contribution is 5.91. The predicted molar refractivity (Wildman–Crippen MR) is 113 cm³/mol. The van der Waals surface area contributed by atoms with E-state index in [1.165, 1.54) is 0 Å². The van der Waals surface area contributed by atoms with Gasteiger partial charge < -0.3 is 20.4 Å². The van der Waals surface area contributed by atoms with E-state index >= 15 is 0 Å². The third-order valence-corrected chi connectivity index (χ3v) is 4.92. The Morgan fingerprint density at radius 1 is 1.07 bits per heavy atom. The van der Waals surface area contributed by atoms with Crippen LogP contribution in [-0.4, -0.2) is 35.5 Å². The molecule has 29 heavy (non-hydrogen) atoms. The highest BCUT2D eigenvalue weighted by Crippen LogP contribution is 2.19. The van der Waals surface area contributed by atoms with E-state index in [0.717, 1.165) is 22.0 Å². The minimum Gasteiger partial charge on any atom is -0.459 e. The summed E-state index contributed by atoms with van der Waals surface area (Å²) in [5.41, 5.74) is 1.83. The van der Waals surface area contributed by atoms with Crippen molar-refractivity contribution < 1.29 is 14.3 Å². The normalized spacial score (nSPS) is 12.5. The molecule has 0 saturated heterocycles. The van der Waals surface area contributed by atoms with Gasteiger partial charge in [0.25, 0.3) is 0 Å². The second-order valence-corrected chi connectivity index (χ2v) is 7.58. The van der Waals surface area contributed by atoms with E-state index < -0.39 is 17.6 Å². The highest BCUT2D eigenvalue weighted by atomic mass is 16.5. The lowest BCUT2D eigenvalue weighted by Crippen LogP contribution is -2.56. The zero-order valence-corrected chi connectivity index (χ0v) is 17.0. The van der Waals surface area contributed by atoms with Gasteiger partial charge >= 0.3 is 5.97 Å². The molecule has 2 aromatic carbocycles. The summed E-state index contributed by atoms with van der Waals surface area (Å²) in [6, 6.07) is 16.9. The van der Waals surface area contributed by atoms with Crippen LogP contribution in [-0.2, 0) is 27.4 Å². The van der Waals surface area contributed by atoms with Gasteiger partial charge in [0, 0.05) is 17.1 Å². The third kappa shape index (κ3) is 5.03. The lowest BCUT2D eigenvalue weighted by molar-refractivity contribution is -0.153. The van der Waals surface area contributed by atoms with Crippen molar-refractivity contribution in [3.05, 3.63) is 71.9 Å². The van der Waals surface area contributed by atoms with Crippen molar-refractivity contribution in [1.29, 1.82) is 0 Å². The maximum absolute atomic E-state index is 12.8. The molecule has 3 aromatic rings. The first-order valence-electron chi connectivity index (χ1n) is 9.66. The molecule has 6 nitrogen and oxygen atoms in total. The summed E-state index contributed by atoms with van der Waals surface area (Å²) in [5.74, 6) is -0.726. The second kappa shape index (κ2) is 8.92. The number of fused-ring (bicyclic) bond motifs is 1. The highest BCUT2D eigenvalue weighted by Gasteiger charge is 2.33. The summed E-state index contributed by atoms with van der Waals surface area (Å²) in [6.45, 7) is 3.47. The maximum Gasteiger partial charge on any atom is 0.331 e. The third-order valence-electron chi connectivity index (χ3n) is 4.92. The Morgan fingerprint density at radius 2 is 1.76 bits per heavy atom. The molecule has 3 rings (SSSR count). The van der Waals surface area contributed by atoms with Gasteiger partial charge in [-0.05, 0) is 44.5 Å². The summed E-state index contributed by atoms with van der Waals surface area (Å²) in [5, 5.41) is 6.95. The van der Waals surface area contributed by atoms with Crippen LogP contribution in [0.15, 0.2) is 60.8 Å². The number of hydrogen-bond acceptors (Lipinski definition) is 4. The lowest BCUT2D eigenvalue weighted by Gasteiger charge is -2.27. The van der Waals surface area contributed by atoms with Crippen LogP contribution in [0.25, 0.3) is 10.9 Å². The quantitative estimate of drug-likeness (QED) is 0.514. The average molecular weight is 393 g/mol. The number of benzene rings is 2. The van der Waals surface area contributed by atoms with E-state index in [9.17, 15) is 9.59 Å². The van der Waals surface area contributed by atoms with Crippen LogP contribution in [0, 0.1) is 0 Å². The first-order valence-corrected chi connectivity index (χ1v) is 9.66. The van der Waals surface area contributed by atoms with Crippen molar-refractivity contribution in [2.24, 2.45) is 0 Å². The molecule has 1 amide bonds. The van der Waals surface area contributed by atoms with Crippen molar-refractivity contribution in [3.8, 4) is 0 Å². The van der Waals surface area contributed by atoms with Gasteiger partial charge in [-0.3, -0.25) is 4.79 Å². The zero-order chi connectivity index (χ0) is 20.9. The molecule has 0 aliphatic heterocycles. The summed E-state index contributed by atoms with van der Waals surface area (Å²) >= 11 is 0. The molecule has 0 aliphatic carbocycles. The fraction of sp³-hybridized carbons (Fsp3) is 0.304. The maximum atomic E-state index is 12.8. The largest absolute Gasteiger partial charge is 0.459 e. The van der Waals surface area contributed by atoms with Crippen molar-refractivity contribution in [3.63, 3.8) is 0 Å². The number of aromatic nitrogens is 1. The molecule has 152 valence electrons. The summed E-state index contributed by atoms with van der Waals surface area (Å²) in [4.78, 5) is 28.6. The van der Waals surface area contributed by atoms with Crippen molar-refractivity contribution >= 4 is 22.8 Å². The Kier molecular flexibility index (Phi) is 6.34. The van der Waals surface area contributed by atoms with Gasteiger partial charge in [-0.2, -0.15) is 0 Å². The Balaban J connectivity index is 1.62. The van der Waals surface area contributed by atoms with Gasteiger partial charge in [-0.15, -0.1) is 0 Å². The number of amides is 1. The molecule has 1 heterocycles. The van der Waals surface area contributed by atoms with Crippen LogP contribution < -0.4 is 10.6 Å². The molecule has 0 saturated carbocycles. The fourth-order valence-electron chi connectivity index (χ4n) is 3.20. The van der Waals surface area contributed by atoms with Crippen LogP contribution in [0.1, 0.15) is 25.0 Å². The van der Waals surface area contributed by atoms with Crippen molar-refractivity contribution in [2.75, 3.05) is 7.05 Å². The molecule has 0 spiro atoms. The minimum atomic E-state index is -1.14. The Bertz CT molecular complexity index is 979. The van der Waals surface area contributed by atoms with E-state index in [2.05, 4.69) is 15.6 Å². The Labute approximate surface area is 170 Å². The Hall–Kier alpha value is -3.12. The number of hydrogen-bond donors (Lipinski definition) is 3. The van der Waals surface area contributed by atoms with E-state index in [0.29, 0.717) is 6.42 Å². The van der Waals surface area contributed by atoms with E-state index in [-0.39, 0.29) is 12.5 Å². The summed E-state index contributed by atoms with van der Waals surface area (Å²) < 4.78 is 5.39. The monoisotopic (exact) mass is 393 g/mol. The van der Waals surface area contributed by atoms with Gasteiger partial charge in [0.05, 0.1) is 6.04 Å². The molecule has 3 N–H and O–H groups in total. The van der Waals surface area contributed by atoms with Crippen molar-refractivity contribution in [1.82, 2.24) is 15.6 Å². The molecule has 0 radical (unpaired) electrons. The molecule has 6 heteroatoms. The number of H-pyrrole nitrogens is 1. The SMILES string of the molecule is CNC(Cc1c[nH]c2ccccc12)C(=O)NC(C)(C)C(=O)OCc1ccccc1. The Morgan fingerprint density at radius 3 is 2.48 bits per heavy atom. The molecule has 0 fully saturated rings. The number of ether oxygens (including phenoxy) is 1. The van der Waals surface area contributed by atoms with Gasteiger partial charge in [0.2, 0.25) is 5.91 Å². The van der Waals surface area contributed by atoms with Crippen molar-refractivity contribution in [2.45, 2.75) is 38.5 Å². The number of carbonyl (C=O) groups excluding carboxylic acids is 2. The molecule has 1 unspecified atom stereocenters. The summed E-state index contributed by atoms with van der Waals surface area (Å²) in [7, 11) is 1.74. The lowest BCUT2D eigenvalue weighted by atomic mass is 10.0. The number of aromatic amines is 1. The molecular weight excluding hydrogens is 366 g/mol. The fourth-order valence-corrected chi connectivity index (χ4v) is 3.20. The molecule has 0 aliphatic rings. The van der Waals surface area contributed by atoms with Crippen LogP contribution >= 0.6 is 0 Å². The smallest absolute Gasteiger partial charge is 0.331 e. The van der Waals surface area contributed by atoms with Crippen LogP contribution in [0.3, 0.4) is 0 Å². The number of esters is 1. The number of carbonyl (C=O) groups is 2. The number of para-hydroxylation sites is 1. The molecule has 0 bridgehead atoms. The van der Waals surface area contributed by atoms with Crippen LogP contribution in [0.5, 0.6) is 0 Å². The minimum absolute atomic E-state index is 0.170. The molecule has 1 aromatic heterocycles. The van der Waals surface area contributed by atoms with E-state index in [4.69, 9.17) is 4.74 Å². The first kappa shape index (κ1) is 20.6. The van der Waals surface area contributed by atoms with Gasteiger partial charge in [0.1, 0.15) is 12.1 Å². The topological polar surface area (TPSA) is 83.2 Å². The first-order chi connectivity index (χ1) is 13.9. The van der Waals surface area contributed by atoms with Gasteiger partial charge in [-0.25, -0.2) is 4.79 Å². The van der Waals surface area contributed by atoms with Crippen LogP contribution in [0.2, 0.25) is 0 Å². The number of rotatable bonds is 8. The molecule has 1 atom stereocenters. The standard InChI is InChI=1S/C23H27N3O3/c1-23(2,22(28)29-15-16-9-5-4-6-10-16)26-21(27)20(24-3)13-17-14-25-19-12-8-7-11-18(17)19/h4-12,14,20,24-25H,13,15H2,1-3H3,(H,26,27). The number of likely N-dealkylation sites (N-methyl/N-ethyl adjacent to an activating group) is 1. The molecular formula is C23H27N3O3. The van der Waals surface area contributed by atoms with Gasteiger partial charge in [-0.1, -0.05) is 48.5 Å². The van der Waals surface area contributed by atoms with E-state index in [1.54, 1.807) is 20.9 Å². The van der Waals surface area contributed by atoms with E-state index in [1.807, 2.05) is 60.8 Å². The summed E-state index contributed by atoms with van der Waals surface area (Å²) in [6.07, 6.45) is 2.42. The second-order valence-electron chi connectivity index (χ2n) is 7.58. The zero-order valence-electron chi connectivity index (χ0n) is 17.0. The predicted octanol–water partition coefficient (Wildman–Crippen LogP) is 2.94. The number of nitrogens with one attached hydrogen (secondary N) is 3. The average Bonchev–Trinajstić information content (AvgIpc) is 3.13. The van der Waals surface area contributed by atoms with Crippen LogP contribution in [0.4, 0.5) is 0 Å².